The van der Waals surface area contributed by atoms with Gasteiger partial charge in [-0.2, -0.15) is 13.2 Å². The maximum absolute atomic E-state index is 12.9. The van der Waals surface area contributed by atoms with Crippen LogP contribution in [-0.4, -0.2) is 34.0 Å². The number of hydrogen-bond donors (Lipinski definition) is 0. The second-order valence-corrected chi connectivity index (χ2v) is 8.06. The van der Waals surface area contributed by atoms with Gasteiger partial charge in [0.15, 0.2) is 5.17 Å². The standard InChI is InChI=1S/C21H17ClF3N3O4S/c1-3-26-20-27(4-2)19(29)18(33-20)10-12-5-7-16(14(22)9-12)32-17-8-6-13(21(23,24)25)11-15(17)28(30)31/h5-11H,3-4H2,1-2H3/b18-10-,26-20?. The third-order valence-electron chi connectivity index (χ3n) is 4.45. The van der Waals surface area contributed by atoms with Gasteiger partial charge in [0.05, 0.1) is 20.4 Å². The summed E-state index contributed by atoms with van der Waals surface area (Å²) in [6.45, 7) is 4.72. The highest BCUT2D eigenvalue weighted by Crippen LogP contribution is 2.40. The smallest absolute Gasteiger partial charge is 0.416 e. The number of thioether (sulfide) groups is 1. The summed E-state index contributed by atoms with van der Waals surface area (Å²) in [5.74, 6) is -0.566. The van der Waals surface area contributed by atoms with Crippen LogP contribution in [0.15, 0.2) is 46.3 Å². The summed E-state index contributed by atoms with van der Waals surface area (Å²) in [5.41, 5.74) is -1.44. The second kappa shape index (κ2) is 9.84. The molecule has 0 saturated carbocycles. The van der Waals surface area contributed by atoms with Crippen molar-refractivity contribution < 1.29 is 27.6 Å². The van der Waals surface area contributed by atoms with Crippen LogP contribution < -0.4 is 4.74 Å². The molecule has 174 valence electrons. The minimum Gasteiger partial charge on any atom is -0.449 e. The molecule has 12 heteroatoms. The number of carbonyl (C=O) groups excluding carboxylic acids is 1. The molecule has 1 fully saturated rings. The number of nitro benzene ring substituents is 1. The molecule has 1 aliphatic rings. The number of likely N-dealkylation sites (N-methyl/N-ethyl adjacent to an activating group) is 1. The average molecular weight is 500 g/mol. The molecule has 0 spiro atoms. The Bertz CT molecular complexity index is 1170. The van der Waals surface area contributed by atoms with Gasteiger partial charge in [0.25, 0.3) is 5.91 Å². The van der Waals surface area contributed by atoms with Gasteiger partial charge in [0.2, 0.25) is 5.75 Å². The highest BCUT2D eigenvalue weighted by molar-refractivity contribution is 8.18. The molecule has 7 nitrogen and oxygen atoms in total. The number of halogens is 4. The molecular weight excluding hydrogens is 483 g/mol. The first-order chi connectivity index (χ1) is 15.5. The van der Waals surface area contributed by atoms with Crippen molar-refractivity contribution >= 4 is 46.2 Å². The number of nitro groups is 1. The van der Waals surface area contributed by atoms with Crippen molar-refractivity contribution in [3.63, 3.8) is 0 Å². The monoisotopic (exact) mass is 499 g/mol. The summed E-state index contributed by atoms with van der Waals surface area (Å²) in [7, 11) is 0. The number of aliphatic imine (C=N–C) groups is 1. The number of amides is 1. The predicted octanol–water partition coefficient (Wildman–Crippen LogP) is 6.37. The van der Waals surface area contributed by atoms with Gasteiger partial charge in [-0.15, -0.1) is 0 Å². The fourth-order valence-electron chi connectivity index (χ4n) is 2.92. The van der Waals surface area contributed by atoms with E-state index in [0.717, 1.165) is 6.07 Å². The number of amidine groups is 1. The molecule has 0 unspecified atom stereocenters. The first kappa shape index (κ1) is 24.6. The predicted molar refractivity (Wildman–Crippen MR) is 121 cm³/mol. The Balaban J connectivity index is 1.88. The number of carbonyl (C=O) groups is 1. The van der Waals surface area contributed by atoms with Crippen LogP contribution in [0.25, 0.3) is 6.08 Å². The Morgan fingerprint density at radius 3 is 2.48 bits per heavy atom. The van der Waals surface area contributed by atoms with E-state index in [4.69, 9.17) is 16.3 Å². The van der Waals surface area contributed by atoms with Gasteiger partial charge < -0.3 is 4.74 Å². The zero-order valence-corrected chi connectivity index (χ0v) is 18.9. The largest absolute Gasteiger partial charge is 0.449 e. The Morgan fingerprint density at radius 1 is 1.21 bits per heavy atom. The Morgan fingerprint density at radius 2 is 1.91 bits per heavy atom. The molecule has 0 bridgehead atoms. The van der Waals surface area contributed by atoms with Crippen molar-refractivity contribution in [2.24, 2.45) is 4.99 Å². The van der Waals surface area contributed by atoms with E-state index < -0.39 is 22.4 Å². The van der Waals surface area contributed by atoms with Gasteiger partial charge in [0.1, 0.15) is 5.75 Å². The van der Waals surface area contributed by atoms with E-state index >= 15 is 0 Å². The SMILES string of the molecule is CCN=C1S/C(=C\c2ccc(Oc3ccc(C(F)(F)F)cc3[N+](=O)[O-])c(Cl)c2)C(=O)N1CC. The molecule has 0 N–H and O–H groups in total. The van der Waals surface area contributed by atoms with Crippen molar-refractivity contribution in [3.05, 3.63) is 67.6 Å². The molecule has 1 aliphatic heterocycles. The van der Waals surface area contributed by atoms with Gasteiger partial charge in [-0.05, 0) is 61.5 Å². The topological polar surface area (TPSA) is 85.0 Å². The zero-order chi connectivity index (χ0) is 24.3. The van der Waals surface area contributed by atoms with E-state index in [0.29, 0.717) is 40.9 Å². The molecule has 1 heterocycles. The average Bonchev–Trinajstić information content (AvgIpc) is 3.03. The number of rotatable bonds is 6. The molecule has 0 radical (unpaired) electrons. The summed E-state index contributed by atoms with van der Waals surface area (Å²) < 4.78 is 44.1. The molecule has 0 aromatic heterocycles. The van der Waals surface area contributed by atoms with E-state index in [9.17, 15) is 28.1 Å². The maximum Gasteiger partial charge on any atom is 0.416 e. The molecule has 2 aromatic rings. The highest BCUT2D eigenvalue weighted by atomic mass is 35.5. The normalized spacial score (nSPS) is 16.7. The zero-order valence-electron chi connectivity index (χ0n) is 17.4. The maximum atomic E-state index is 12.9. The van der Waals surface area contributed by atoms with Crippen LogP contribution in [0.2, 0.25) is 5.02 Å². The lowest BCUT2D eigenvalue weighted by atomic mass is 10.1. The van der Waals surface area contributed by atoms with Crippen molar-refractivity contribution in [2.45, 2.75) is 20.0 Å². The van der Waals surface area contributed by atoms with E-state index in [1.807, 2.05) is 13.8 Å². The molecule has 33 heavy (non-hydrogen) atoms. The Labute approximate surface area is 196 Å². The highest BCUT2D eigenvalue weighted by Gasteiger charge is 2.34. The summed E-state index contributed by atoms with van der Waals surface area (Å²) in [4.78, 5) is 29.2. The summed E-state index contributed by atoms with van der Waals surface area (Å²) >= 11 is 7.48. The summed E-state index contributed by atoms with van der Waals surface area (Å²) in [5, 5.41) is 11.9. The second-order valence-electron chi connectivity index (χ2n) is 6.65. The molecular formula is C21H17ClF3N3O4S. The lowest BCUT2D eigenvalue weighted by Crippen LogP contribution is -2.28. The van der Waals surface area contributed by atoms with Gasteiger partial charge >= 0.3 is 11.9 Å². The van der Waals surface area contributed by atoms with Gasteiger partial charge in [0, 0.05) is 19.2 Å². The number of nitrogens with zero attached hydrogens (tertiary/aromatic N) is 3. The third-order valence-corrected chi connectivity index (χ3v) is 5.79. The van der Waals surface area contributed by atoms with Crippen molar-refractivity contribution in [2.75, 3.05) is 13.1 Å². The van der Waals surface area contributed by atoms with Gasteiger partial charge in [-0.3, -0.25) is 24.8 Å². The summed E-state index contributed by atoms with van der Waals surface area (Å²) in [6, 6.07) is 6.43. The van der Waals surface area contributed by atoms with Crippen molar-refractivity contribution in [1.82, 2.24) is 4.90 Å². The van der Waals surface area contributed by atoms with Gasteiger partial charge in [-0.25, -0.2) is 0 Å². The number of ether oxygens (including phenoxy) is 1. The number of hydrogen-bond acceptors (Lipinski definition) is 6. The van der Waals surface area contributed by atoms with E-state index in [1.54, 1.807) is 17.0 Å². The van der Waals surface area contributed by atoms with Crippen LogP contribution in [0.1, 0.15) is 25.0 Å². The molecule has 0 atom stereocenters. The quantitative estimate of drug-likeness (QED) is 0.262. The number of benzene rings is 2. The van der Waals surface area contributed by atoms with Crippen LogP contribution >= 0.6 is 23.4 Å². The van der Waals surface area contributed by atoms with Crippen LogP contribution in [0.3, 0.4) is 0 Å². The fraction of sp³-hybridized carbons (Fsp3) is 0.238. The first-order valence-electron chi connectivity index (χ1n) is 9.64. The van der Waals surface area contributed by atoms with E-state index in [2.05, 4.69) is 4.99 Å². The van der Waals surface area contributed by atoms with Crippen LogP contribution in [-0.2, 0) is 11.0 Å². The molecule has 0 aliphatic carbocycles. The lowest BCUT2D eigenvalue weighted by Gasteiger charge is -2.11. The molecule has 1 saturated heterocycles. The summed E-state index contributed by atoms with van der Waals surface area (Å²) in [6.07, 6.45) is -3.11. The molecule has 1 amide bonds. The van der Waals surface area contributed by atoms with Crippen molar-refractivity contribution in [1.29, 1.82) is 0 Å². The van der Waals surface area contributed by atoms with Crippen molar-refractivity contribution in [3.8, 4) is 11.5 Å². The minimum atomic E-state index is -4.74. The third kappa shape index (κ3) is 5.48. The molecule has 3 rings (SSSR count). The molecule has 2 aromatic carbocycles. The number of alkyl halides is 3. The Hall–Kier alpha value is -3.05. The lowest BCUT2D eigenvalue weighted by molar-refractivity contribution is -0.385. The van der Waals surface area contributed by atoms with E-state index in [-0.39, 0.29) is 22.4 Å². The van der Waals surface area contributed by atoms with Crippen LogP contribution in [0, 0.1) is 10.1 Å². The minimum absolute atomic E-state index is 0.00972. The van der Waals surface area contributed by atoms with Crippen LogP contribution in [0.5, 0.6) is 11.5 Å². The van der Waals surface area contributed by atoms with E-state index in [1.165, 1.54) is 23.9 Å². The Kier molecular flexibility index (Phi) is 7.33. The van der Waals surface area contributed by atoms with Crippen LogP contribution in [0.4, 0.5) is 18.9 Å². The first-order valence-corrected chi connectivity index (χ1v) is 10.8. The van der Waals surface area contributed by atoms with Gasteiger partial charge in [-0.1, -0.05) is 17.7 Å². The fourth-order valence-corrected chi connectivity index (χ4v) is 4.25.